The standard InChI is InChI=1S/C39H55ClN4O6S2/c1-27-7-5-16-39(46,26-52(48,49)44-19-17-42(3)18-20-44)34-12-9-31(34)23-43-24-38(15-6-8-29-21-32(40)11-13-33(29)38)25-50-36-14-10-30(22-35(36)43)37(45)41-51(4,47)28(27)2/h10-11,13-14,21-22,27-28,31,34,46H,4-9,12,15-20,23-26H2,1-3H3,(H,41,45,47)/t27-,28+,31-,34+,38-,39-,51?/m0/s1. The van der Waals surface area contributed by atoms with E-state index in [4.69, 9.17) is 16.3 Å². The predicted molar refractivity (Wildman–Crippen MR) is 209 cm³/mol. The number of sulfonamides is 1. The molecule has 0 radical (unpaired) electrons. The number of carbonyl (C=O) groups excluding carboxylic acids is 1. The molecule has 2 aliphatic carbocycles. The maximum Gasteiger partial charge on any atom is 0.262 e. The summed E-state index contributed by atoms with van der Waals surface area (Å²) in [6.45, 7) is 7.66. The molecule has 2 N–H and O–H groups in total. The van der Waals surface area contributed by atoms with Crippen LogP contribution in [0.5, 0.6) is 5.75 Å². The third-order valence-corrected chi connectivity index (χ3v) is 17.5. The van der Waals surface area contributed by atoms with Gasteiger partial charge in [0.25, 0.3) is 5.91 Å². The Morgan fingerprint density at radius 2 is 1.83 bits per heavy atom. The molecule has 1 amide bonds. The zero-order valence-electron chi connectivity index (χ0n) is 30.8. The van der Waals surface area contributed by atoms with Gasteiger partial charge < -0.3 is 19.6 Å². The highest BCUT2D eigenvalue weighted by Gasteiger charge is 2.51. The molecule has 13 heteroatoms. The quantitative estimate of drug-likeness (QED) is 0.431. The summed E-state index contributed by atoms with van der Waals surface area (Å²) < 4.78 is 53.0. The Bertz CT molecular complexity index is 1900. The Labute approximate surface area is 315 Å². The van der Waals surface area contributed by atoms with Crippen molar-refractivity contribution in [1.82, 2.24) is 13.9 Å². The van der Waals surface area contributed by atoms with Crippen LogP contribution >= 0.6 is 11.6 Å². The first-order chi connectivity index (χ1) is 24.6. The van der Waals surface area contributed by atoms with Gasteiger partial charge in [-0.1, -0.05) is 31.0 Å². The van der Waals surface area contributed by atoms with Crippen LogP contribution < -0.4 is 14.4 Å². The van der Waals surface area contributed by atoms with Gasteiger partial charge in [-0.05, 0) is 124 Å². The van der Waals surface area contributed by atoms with Crippen LogP contribution in [0.15, 0.2) is 36.4 Å². The molecule has 1 saturated heterocycles. The predicted octanol–water partition coefficient (Wildman–Crippen LogP) is 4.72. The first-order valence-corrected chi connectivity index (χ1v) is 22.7. The van der Waals surface area contributed by atoms with Crippen LogP contribution in [0.25, 0.3) is 0 Å². The van der Waals surface area contributed by atoms with Gasteiger partial charge in [0, 0.05) is 60.5 Å². The number of amides is 1. The summed E-state index contributed by atoms with van der Waals surface area (Å²) in [5.41, 5.74) is 1.83. The molecule has 0 aromatic heterocycles. The molecule has 3 aliphatic heterocycles. The van der Waals surface area contributed by atoms with E-state index in [2.05, 4.69) is 32.5 Å². The van der Waals surface area contributed by atoms with E-state index in [1.54, 1.807) is 10.4 Å². The van der Waals surface area contributed by atoms with Crippen molar-refractivity contribution in [2.45, 2.75) is 81.5 Å². The molecule has 2 fully saturated rings. The second kappa shape index (κ2) is 14.4. The van der Waals surface area contributed by atoms with Crippen molar-refractivity contribution < 1.29 is 27.3 Å². The van der Waals surface area contributed by atoms with Crippen molar-refractivity contribution in [3.63, 3.8) is 0 Å². The number of rotatable bonds is 3. The van der Waals surface area contributed by atoms with Crippen LogP contribution in [0.3, 0.4) is 0 Å². The van der Waals surface area contributed by atoms with E-state index in [1.807, 2.05) is 39.1 Å². The van der Waals surface area contributed by atoms with Crippen molar-refractivity contribution in [1.29, 1.82) is 0 Å². The average Bonchev–Trinajstić information content (AvgIpc) is 3.22. The number of halogens is 1. The fourth-order valence-electron chi connectivity index (χ4n) is 9.52. The maximum absolute atomic E-state index is 14.0. The maximum atomic E-state index is 14.0. The number of likely N-dealkylation sites (N-methyl/N-ethyl adjacent to an activating group) is 1. The summed E-state index contributed by atoms with van der Waals surface area (Å²) in [5, 5.41) is 13.0. The van der Waals surface area contributed by atoms with E-state index in [1.165, 1.54) is 11.1 Å². The van der Waals surface area contributed by atoms with Gasteiger partial charge in [-0.15, -0.1) is 0 Å². The number of fused-ring (bicyclic) bond motifs is 4. The fraction of sp³-hybridized carbons (Fsp3) is 0.641. The molecule has 10 nitrogen and oxygen atoms in total. The number of nitrogens with zero attached hydrogens (tertiary/aromatic N) is 3. The van der Waals surface area contributed by atoms with Crippen molar-refractivity contribution in [3.05, 3.63) is 58.1 Å². The normalized spacial score (nSPS) is 35.0. The minimum atomic E-state index is -3.74. The monoisotopic (exact) mass is 774 g/mol. The zero-order chi connectivity index (χ0) is 37.1. The molecule has 52 heavy (non-hydrogen) atoms. The van der Waals surface area contributed by atoms with E-state index in [-0.39, 0.29) is 28.9 Å². The molecular formula is C39H55ClN4O6S2. The SMILES string of the molecule is C=S1(=O)NC(=O)c2ccc3c(c2)N(C[C@@H]2CC[C@H]2[C@@](O)(CS(=O)(=O)N2CCN(C)CC2)CCC[C@H](C)[C@H]1C)C[C@@]1(CCCc2cc(Cl)ccc21)CO3. The molecule has 1 saturated carbocycles. The largest absolute Gasteiger partial charge is 0.490 e. The Balaban J connectivity index is 1.29. The van der Waals surface area contributed by atoms with Crippen LogP contribution in [-0.2, 0) is 31.6 Å². The molecule has 2 aromatic carbocycles. The zero-order valence-corrected chi connectivity index (χ0v) is 33.2. The number of nitrogens with one attached hydrogen (secondary N) is 1. The van der Waals surface area contributed by atoms with Crippen molar-refractivity contribution in [3.8, 4) is 5.75 Å². The molecule has 2 bridgehead atoms. The summed E-state index contributed by atoms with van der Waals surface area (Å²) in [6.07, 6.45) is 5.96. The lowest BCUT2D eigenvalue weighted by Crippen LogP contribution is -2.57. The molecule has 286 valence electrons. The third kappa shape index (κ3) is 7.37. The average molecular weight is 775 g/mol. The number of hydrogen-bond donors (Lipinski definition) is 2. The van der Waals surface area contributed by atoms with E-state index >= 15 is 0 Å². The lowest BCUT2D eigenvalue weighted by atomic mass is 9.63. The van der Waals surface area contributed by atoms with Gasteiger partial charge in [0.15, 0.2) is 0 Å². The molecule has 5 aliphatic rings. The van der Waals surface area contributed by atoms with Gasteiger partial charge in [0.05, 0.1) is 33.4 Å². The summed E-state index contributed by atoms with van der Waals surface area (Å²) >= 11 is 6.47. The Kier molecular flexibility index (Phi) is 10.5. The van der Waals surface area contributed by atoms with Gasteiger partial charge in [0.2, 0.25) is 10.0 Å². The smallest absolute Gasteiger partial charge is 0.262 e. The molecule has 2 aromatic rings. The molecule has 3 heterocycles. The first kappa shape index (κ1) is 37.9. The van der Waals surface area contributed by atoms with Crippen LogP contribution in [-0.4, -0.2) is 108 Å². The number of piperazine rings is 1. The number of aliphatic hydroxyl groups is 1. The number of hydrogen-bond acceptors (Lipinski definition) is 8. The van der Waals surface area contributed by atoms with E-state index in [0.29, 0.717) is 81.5 Å². The minimum absolute atomic E-state index is 0.0317. The molecule has 7 atom stereocenters. The summed E-state index contributed by atoms with van der Waals surface area (Å²) in [4.78, 5) is 18.2. The number of ether oxygens (including phenoxy) is 1. The highest BCUT2D eigenvalue weighted by molar-refractivity contribution is 7.99. The molecule has 1 unspecified atom stereocenters. The number of carbonyl (C=O) groups is 1. The molecular weight excluding hydrogens is 720 g/mol. The van der Waals surface area contributed by atoms with Gasteiger partial charge >= 0.3 is 0 Å². The van der Waals surface area contributed by atoms with E-state index in [9.17, 15) is 22.5 Å². The summed E-state index contributed by atoms with van der Waals surface area (Å²) in [5.74, 6) is 3.64. The fourth-order valence-corrected chi connectivity index (χ4v) is 13.1. The lowest BCUT2D eigenvalue weighted by molar-refractivity contribution is -0.0725. The van der Waals surface area contributed by atoms with E-state index in [0.717, 1.165) is 37.8 Å². The molecule has 7 rings (SSSR count). The second-order valence-corrected chi connectivity index (χ2v) is 21.3. The van der Waals surface area contributed by atoms with Crippen LogP contribution in [0.1, 0.15) is 80.3 Å². The Morgan fingerprint density at radius 3 is 2.56 bits per heavy atom. The van der Waals surface area contributed by atoms with Gasteiger partial charge in [-0.25, -0.2) is 12.6 Å². The number of anilines is 1. The first-order valence-electron chi connectivity index (χ1n) is 19.0. The van der Waals surface area contributed by atoms with Crippen LogP contribution in [0.4, 0.5) is 5.69 Å². The highest BCUT2D eigenvalue weighted by Crippen LogP contribution is 2.49. The lowest BCUT2D eigenvalue weighted by Gasteiger charge is -2.50. The van der Waals surface area contributed by atoms with Crippen molar-refractivity contribution >= 4 is 48.8 Å². The van der Waals surface area contributed by atoms with Gasteiger partial charge in [0.1, 0.15) is 5.75 Å². The second-order valence-electron chi connectivity index (χ2n) is 16.5. The number of aryl methyl sites for hydroxylation is 1. The van der Waals surface area contributed by atoms with Crippen molar-refractivity contribution in [2.75, 3.05) is 63.6 Å². The highest BCUT2D eigenvalue weighted by atomic mass is 35.5. The Hall–Kier alpha value is -2.35. The number of benzene rings is 2. The van der Waals surface area contributed by atoms with Gasteiger partial charge in [-0.2, -0.15) is 4.31 Å². The van der Waals surface area contributed by atoms with Crippen molar-refractivity contribution in [2.24, 2.45) is 17.8 Å². The van der Waals surface area contributed by atoms with E-state index < -0.39 is 36.5 Å². The third-order valence-electron chi connectivity index (χ3n) is 13.1. The van der Waals surface area contributed by atoms with Gasteiger partial charge in [-0.3, -0.25) is 9.52 Å². The Morgan fingerprint density at radius 1 is 1.06 bits per heavy atom. The summed E-state index contributed by atoms with van der Waals surface area (Å²) in [7, 11) is -4.79. The topological polar surface area (TPSA) is 119 Å². The van der Waals surface area contributed by atoms with Crippen LogP contribution in [0, 0.1) is 17.8 Å². The molecule has 1 spiro atoms. The minimum Gasteiger partial charge on any atom is -0.490 e. The van der Waals surface area contributed by atoms with Crippen LogP contribution in [0.2, 0.25) is 5.02 Å². The summed E-state index contributed by atoms with van der Waals surface area (Å²) in [6, 6.07) is 11.5.